The SMILES string of the molecule is C=CCC1CC2CCC1C2. The molecule has 0 heterocycles. The van der Waals surface area contributed by atoms with Gasteiger partial charge in [0, 0.05) is 0 Å². The second-order valence-electron chi connectivity index (χ2n) is 3.96. The zero-order valence-electron chi connectivity index (χ0n) is 6.55. The van der Waals surface area contributed by atoms with E-state index >= 15 is 0 Å². The molecule has 10 heavy (non-hydrogen) atoms. The van der Waals surface area contributed by atoms with Crippen LogP contribution < -0.4 is 0 Å². The van der Waals surface area contributed by atoms with Crippen LogP contribution >= 0.6 is 0 Å². The third-order valence-corrected chi connectivity index (χ3v) is 3.35. The molecule has 56 valence electrons. The fourth-order valence-corrected chi connectivity index (χ4v) is 2.88. The normalized spacial score (nSPS) is 44.2. The standard InChI is InChI=1S/C10H16/c1-2-3-9-6-8-4-5-10(9)7-8/h2,8-10H,1,3-7H2. The van der Waals surface area contributed by atoms with Crippen LogP contribution in [0.1, 0.15) is 32.1 Å². The van der Waals surface area contributed by atoms with E-state index < -0.39 is 0 Å². The van der Waals surface area contributed by atoms with Gasteiger partial charge in [0.2, 0.25) is 0 Å². The lowest BCUT2D eigenvalue weighted by atomic mass is 9.87. The highest BCUT2D eigenvalue weighted by atomic mass is 14.4. The molecular formula is C10H16. The molecule has 2 fully saturated rings. The number of hydrogen-bond donors (Lipinski definition) is 0. The Labute approximate surface area is 63.3 Å². The van der Waals surface area contributed by atoms with Gasteiger partial charge in [-0.3, -0.25) is 0 Å². The van der Waals surface area contributed by atoms with E-state index in [0.29, 0.717) is 0 Å². The van der Waals surface area contributed by atoms with Crippen LogP contribution in [0.3, 0.4) is 0 Å². The minimum absolute atomic E-state index is 1.02. The summed E-state index contributed by atoms with van der Waals surface area (Å²) in [6, 6.07) is 0. The van der Waals surface area contributed by atoms with E-state index in [2.05, 4.69) is 12.7 Å². The molecule has 2 aliphatic rings. The Morgan fingerprint density at radius 3 is 2.70 bits per heavy atom. The smallest absolute Gasteiger partial charge is 0.0322 e. The molecule has 2 saturated carbocycles. The van der Waals surface area contributed by atoms with Gasteiger partial charge in [-0.2, -0.15) is 0 Å². The van der Waals surface area contributed by atoms with Gasteiger partial charge in [-0.1, -0.05) is 12.5 Å². The van der Waals surface area contributed by atoms with E-state index in [9.17, 15) is 0 Å². The van der Waals surface area contributed by atoms with E-state index in [1.54, 1.807) is 6.42 Å². The zero-order valence-corrected chi connectivity index (χ0v) is 6.55. The van der Waals surface area contributed by atoms with Gasteiger partial charge in [-0.25, -0.2) is 0 Å². The first-order valence-electron chi connectivity index (χ1n) is 4.51. The molecule has 0 saturated heterocycles. The van der Waals surface area contributed by atoms with Crippen LogP contribution in [0.5, 0.6) is 0 Å². The lowest BCUT2D eigenvalue weighted by Gasteiger charge is -2.19. The van der Waals surface area contributed by atoms with E-state index in [1.807, 2.05) is 0 Å². The van der Waals surface area contributed by atoms with Gasteiger partial charge in [0.15, 0.2) is 0 Å². The van der Waals surface area contributed by atoms with Gasteiger partial charge >= 0.3 is 0 Å². The van der Waals surface area contributed by atoms with Crippen molar-refractivity contribution in [2.75, 3.05) is 0 Å². The van der Waals surface area contributed by atoms with Crippen molar-refractivity contribution in [2.24, 2.45) is 17.8 Å². The molecule has 2 aliphatic carbocycles. The molecule has 3 unspecified atom stereocenters. The summed E-state index contributed by atoms with van der Waals surface area (Å²) in [5, 5.41) is 0. The third-order valence-electron chi connectivity index (χ3n) is 3.35. The van der Waals surface area contributed by atoms with Crippen molar-refractivity contribution in [1.29, 1.82) is 0 Å². The van der Waals surface area contributed by atoms with Crippen LogP contribution in [0.4, 0.5) is 0 Å². The third kappa shape index (κ3) is 0.902. The van der Waals surface area contributed by atoms with Crippen molar-refractivity contribution in [3.05, 3.63) is 12.7 Å². The van der Waals surface area contributed by atoms with Crippen molar-refractivity contribution < 1.29 is 0 Å². The highest BCUT2D eigenvalue weighted by Gasteiger charge is 2.38. The lowest BCUT2D eigenvalue weighted by molar-refractivity contribution is 0.336. The van der Waals surface area contributed by atoms with Crippen LogP contribution in [-0.4, -0.2) is 0 Å². The average Bonchev–Trinajstić information content (AvgIpc) is 2.48. The molecule has 0 aromatic carbocycles. The second-order valence-corrected chi connectivity index (χ2v) is 3.96. The summed E-state index contributed by atoms with van der Waals surface area (Å²) in [6.45, 7) is 3.81. The molecule has 2 rings (SSSR count). The summed E-state index contributed by atoms with van der Waals surface area (Å²) in [5.41, 5.74) is 0. The number of rotatable bonds is 2. The van der Waals surface area contributed by atoms with Crippen molar-refractivity contribution in [2.45, 2.75) is 32.1 Å². The van der Waals surface area contributed by atoms with E-state index in [1.165, 1.54) is 25.7 Å². The molecule has 0 aromatic rings. The lowest BCUT2D eigenvalue weighted by Crippen LogP contribution is -2.08. The van der Waals surface area contributed by atoms with Gasteiger partial charge < -0.3 is 0 Å². The molecule has 3 atom stereocenters. The molecule has 0 nitrogen and oxygen atoms in total. The van der Waals surface area contributed by atoms with Crippen LogP contribution in [0, 0.1) is 17.8 Å². The highest BCUT2D eigenvalue weighted by Crippen LogP contribution is 2.49. The van der Waals surface area contributed by atoms with E-state index in [0.717, 1.165) is 17.8 Å². The number of allylic oxidation sites excluding steroid dienone is 1. The Kier molecular flexibility index (Phi) is 1.55. The molecule has 0 spiro atoms. The van der Waals surface area contributed by atoms with Crippen LogP contribution in [0.25, 0.3) is 0 Å². The monoisotopic (exact) mass is 136 g/mol. The molecule has 0 amide bonds. The Hall–Kier alpha value is -0.260. The maximum Gasteiger partial charge on any atom is -0.0322 e. The van der Waals surface area contributed by atoms with Gasteiger partial charge in [-0.05, 0) is 43.4 Å². The summed E-state index contributed by atoms with van der Waals surface area (Å²) < 4.78 is 0. The predicted molar refractivity (Wildman–Crippen MR) is 43.8 cm³/mol. The van der Waals surface area contributed by atoms with Gasteiger partial charge in [-0.15, -0.1) is 6.58 Å². The molecule has 0 aromatic heterocycles. The molecule has 0 heteroatoms. The quantitative estimate of drug-likeness (QED) is 0.512. The molecule has 0 aliphatic heterocycles. The minimum atomic E-state index is 1.02. The fourth-order valence-electron chi connectivity index (χ4n) is 2.88. The fraction of sp³-hybridized carbons (Fsp3) is 0.800. The Morgan fingerprint density at radius 1 is 1.30 bits per heavy atom. The second kappa shape index (κ2) is 2.41. The van der Waals surface area contributed by atoms with Gasteiger partial charge in [0.25, 0.3) is 0 Å². The zero-order chi connectivity index (χ0) is 6.97. The van der Waals surface area contributed by atoms with Crippen molar-refractivity contribution in [1.82, 2.24) is 0 Å². The van der Waals surface area contributed by atoms with Crippen molar-refractivity contribution in [3.8, 4) is 0 Å². The van der Waals surface area contributed by atoms with Crippen LogP contribution in [0.2, 0.25) is 0 Å². The van der Waals surface area contributed by atoms with Gasteiger partial charge in [0.05, 0.1) is 0 Å². The largest absolute Gasteiger partial charge is 0.103 e. The van der Waals surface area contributed by atoms with Crippen LogP contribution in [0.15, 0.2) is 12.7 Å². The molecule has 2 bridgehead atoms. The first kappa shape index (κ1) is 6.45. The Bertz CT molecular complexity index is 137. The number of hydrogen-bond acceptors (Lipinski definition) is 0. The summed E-state index contributed by atoms with van der Waals surface area (Å²) in [6.07, 6.45) is 9.48. The Balaban J connectivity index is 1.95. The van der Waals surface area contributed by atoms with Crippen molar-refractivity contribution in [3.63, 3.8) is 0 Å². The van der Waals surface area contributed by atoms with Gasteiger partial charge in [0.1, 0.15) is 0 Å². The Morgan fingerprint density at radius 2 is 2.20 bits per heavy atom. The van der Waals surface area contributed by atoms with E-state index in [-0.39, 0.29) is 0 Å². The van der Waals surface area contributed by atoms with E-state index in [4.69, 9.17) is 0 Å². The predicted octanol–water partition coefficient (Wildman–Crippen LogP) is 3.00. The molecular weight excluding hydrogens is 120 g/mol. The van der Waals surface area contributed by atoms with Crippen molar-refractivity contribution >= 4 is 0 Å². The minimum Gasteiger partial charge on any atom is -0.103 e. The molecule has 0 radical (unpaired) electrons. The summed E-state index contributed by atoms with van der Waals surface area (Å²) in [7, 11) is 0. The summed E-state index contributed by atoms with van der Waals surface area (Å²) in [5.74, 6) is 3.22. The summed E-state index contributed by atoms with van der Waals surface area (Å²) in [4.78, 5) is 0. The highest BCUT2D eigenvalue weighted by molar-refractivity contribution is 4.92. The van der Waals surface area contributed by atoms with Crippen LogP contribution in [-0.2, 0) is 0 Å². The average molecular weight is 136 g/mol. The first-order valence-corrected chi connectivity index (χ1v) is 4.51. The topological polar surface area (TPSA) is 0 Å². The maximum absolute atomic E-state index is 3.81. The maximum atomic E-state index is 3.81. The number of fused-ring (bicyclic) bond motifs is 2. The summed E-state index contributed by atoms with van der Waals surface area (Å²) >= 11 is 0. The first-order chi connectivity index (χ1) is 4.90. The molecule has 0 N–H and O–H groups in total.